The van der Waals surface area contributed by atoms with Crippen LogP contribution < -0.4 is 14.8 Å². The molecule has 1 heterocycles. The fourth-order valence-corrected chi connectivity index (χ4v) is 4.22. The van der Waals surface area contributed by atoms with E-state index < -0.39 is 22.7 Å². The van der Waals surface area contributed by atoms with E-state index in [0.717, 1.165) is 6.42 Å². The topological polar surface area (TPSA) is 93.9 Å². The van der Waals surface area contributed by atoms with Crippen LogP contribution >= 0.6 is 0 Å². The Morgan fingerprint density at radius 3 is 2.45 bits per heavy atom. The number of ether oxygens (including phenoxy) is 2. The van der Waals surface area contributed by atoms with Gasteiger partial charge in [0, 0.05) is 5.56 Å². The molecule has 0 fully saturated rings. The predicted molar refractivity (Wildman–Crippen MR) is 127 cm³/mol. The van der Waals surface area contributed by atoms with E-state index in [9.17, 15) is 15.2 Å². The minimum atomic E-state index is -0.910. The summed E-state index contributed by atoms with van der Waals surface area (Å²) in [6.45, 7) is 4.21. The van der Waals surface area contributed by atoms with Crippen molar-refractivity contribution in [3.8, 4) is 22.6 Å². The first-order chi connectivity index (χ1) is 15.8. The Bertz CT molecular complexity index is 1130. The van der Waals surface area contributed by atoms with Crippen LogP contribution in [0.25, 0.3) is 11.1 Å². The number of methoxy groups -OCH3 is 1. The predicted octanol–water partition coefficient (Wildman–Crippen LogP) is 4.68. The van der Waals surface area contributed by atoms with Gasteiger partial charge in [0.25, 0.3) is 5.69 Å². The van der Waals surface area contributed by atoms with Gasteiger partial charge in [-0.2, -0.15) is 0 Å². The van der Waals surface area contributed by atoms with Crippen LogP contribution in [0.15, 0.2) is 66.7 Å². The Morgan fingerprint density at radius 2 is 1.82 bits per heavy atom. The standard InChI is InChI=1S/C26H28N2O5/c1-26(2)25(29)24(27-14-13-17-7-5-4-6-8-17)21-15-20(18-9-11-19(32-3)12-10-18)22(28(30)31)16-23(21)33-26/h4-12,15-16,24-25,27,29H,13-14H2,1-3H3. The summed E-state index contributed by atoms with van der Waals surface area (Å²) in [5.74, 6) is 1.08. The van der Waals surface area contributed by atoms with Crippen molar-refractivity contribution < 1.29 is 19.5 Å². The van der Waals surface area contributed by atoms with Crippen LogP contribution in [-0.4, -0.2) is 35.4 Å². The molecule has 0 aliphatic carbocycles. The molecule has 7 heteroatoms. The van der Waals surface area contributed by atoms with Crippen LogP contribution in [0, 0.1) is 10.1 Å². The first-order valence-electron chi connectivity index (χ1n) is 10.9. The van der Waals surface area contributed by atoms with Crippen LogP contribution in [-0.2, 0) is 6.42 Å². The molecule has 0 aromatic heterocycles. The van der Waals surface area contributed by atoms with Gasteiger partial charge in [0.1, 0.15) is 23.2 Å². The highest BCUT2D eigenvalue weighted by Gasteiger charge is 2.43. The number of rotatable bonds is 7. The Hall–Kier alpha value is -3.42. The average molecular weight is 449 g/mol. The summed E-state index contributed by atoms with van der Waals surface area (Å²) in [6, 6.07) is 20.0. The molecule has 0 saturated heterocycles. The van der Waals surface area contributed by atoms with E-state index in [0.29, 0.717) is 34.7 Å². The molecule has 0 amide bonds. The molecule has 3 aromatic carbocycles. The number of hydrogen-bond donors (Lipinski definition) is 2. The average Bonchev–Trinajstić information content (AvgIpc) is 2.81. The lowest BCUT2D eigenvalue weighted by Crippen LogP contribution is -2.52. The van der Waals surface area contributed by atoms with E-state index >= 15 is 0 Å². The summed E-state index contributed by atoms with van der Waals surface area (Å²) in [4.78, 5) is 11.5. The number of fused-ring (bicyclic) bond motifs is 1. The van der Waals surface area contributed by atoms with Gasteiger partial charge in [-0.15, -0.1) is 0 Å². The Kier molecular flexibility index (Phi) is 6.35. The van der Waals surface area contributed by atoms with Gasteiger partial charge >= 0.3 is 0 Å². The van der Waals surface area contributed by atoms with E-state index in [1.54, 1.807) is 51.3 Å². The maximum Gasteiger partial charge on any atom is 0.280 e. The Labute approximate surface area is 193 Å². The van der Waals surface area contributed by atoms with Crippen molar-refractivity contribution in [2.75, 3.05) is 13.7 Å². The van der Waals surface area contributed by atoms with Gasteiger partial charge in [-0.1, -0.05) is 42.5 Å². The molecular weight excluding hydrogens is 420 g/mol. The van der Waals surface area contributed by atoms with Crippen molar-refractivity contribution in [3.05, 3.63) is 88.0 Å². The number of aliphatic hydroxyl groups is 1. The van der Waals surface area contributed by atoms with Crippen LogP contribution in [0.3, 0.4) is 0 Å². The number of hydrogen-bond acceptors (Lipinski definition) is 6. The summed E-state index contributed by atoms with van der Waals surface area (Å²) in [7, 11) is 1.57. The second-order valence-electron chi connectivity index (χ2n) is 8.71. The molecule has 33 heavy (non-hydrogen) atoms. The quantitative estimate of drug-likeness (QED) is 0.403. The molecule has 1 aliphatic heterocycles. The maximum atomic E-state index is 11.9. The molecule has 2 unspecified atom stereocenters. The van der Waals surface area contributed by atoms with Gasteiger partial charge < -0.3 is 19.9 Å². The maximum absolute atomic E-state index is 11.9. The van der Waals surface area contributed by atoms with Crippen LogP contribution in [0.5, 0.6) is 11.5 Å². The van der Waals surface area contributed by atoms with Crippen LogP contribution in [0.2, 0.25) is 0 Å². The Morgan fingerprint density at radius 1 is 1.12 bits per heavy atom. The molecule has 0 saturated carbocycles. The van der Waals surface area contributed by atoms with Crippen LogP contribution in [0.1, 0.15) is 31.0 Å². The summed E-state index contributed by atoms with van der Waals surface area (Å²) in [5.41, 5.74) is 2.08. The van der Waals surface area contributed by atoms with Crippen molar-refractivity contribution in [2.45, 2.75) is 38.0 Å². The van der Waals surface area contributed by atoms with E-state index in [2.05, 4.69) is 17.4 Å². The second kappa shape index (κ2) is 9.21. The first kappa shape index (κ1) is 22.8. The smallest absolute Gasteiger partial charge is 0.280 e. The van der Waals surface area contributed by atoms with Crippen LogP contribution in [0.4, 0.5) is 5.69 Å². The largest absolute Gasteiger partial charge is 0.497 e. The molecule has 2 N–H and O–H groups in total. The monoisotopic (exact) mass is 448 g/mol. The van der Waals surface area contributed by atoms with Gasteiger partial charge in [0.15, 0.2) is 0 Å². The van der Waals surface area contributed by atoms with Gasteiger partial charge in [-0.3, -0.25) is 10.1 Å². The lowest BCUT2D eigenvalue weighted by Gasteiger charge is -2.42. The third-order valence-electron chi connectivity index (χ3n) is 6.08. The minimum Gasteiger partial charge on any atom is -0.497 e. The van der Waals surface area contributed by atoms with Gasteiger partial charge in [0.2, 0.25) is 0 Å². The van der Waals surface area contributed by atoms with Gasteiger partial charge in [-0.25, -0.2) is 0 Å². The van der Waals surface area contributed by atoms with E-state index in [4.69, 9.17) is 9.47 Å². The number of nitrogens with zero attached hydrogens (tertiary/aromatic N) is 1. The number of nitrogens with one attached hydrogen (secondary N) is 1. The number of benzene rings is 3. The number of nitro benzene ring substituents is 1. The molecule has 4 rings (SSSR count). The zero-order valence-corrected chi connectivity index (χ0v) is 18.9. The van der Waals surface area contributed by atoms with E-state index in [1.165, 1.54) is 11.6 Å². The van der Waals surface area contributed by atoms with Crippen molar-refractivity contribution in [3.63, 3.8) is 0 Å². The van der Waals surface area contributed by atoms with Gasteiger partial charge in [-0.05, 0) is 56.1 Å². The molecule has 0 spiro atoms. The molecule has 2 atom stereocenters. The lowest BCUT2D eigenvalue weighted by molar-refractivity contribution is -0.384. The third kappa shape index (κ3) is 4.69. The Balaban J connectivity index is 1.72. The van der Waals surface area contributed by atoms with E-state index in [1.807, 2.05) is 18.2 Å². The number of aliphatic hydroxyl groups excluding tert-OH is 1. The summed E-state index contributed by atoms with van der Waals surface area (Å²) >= 11 is 0. The highest BCUT2D eigenvalue weighted by Crippen LogP contribution is 2.45. The van der Waals surface area contributed by atoms with Crippen molar-refractivity contribution in [2.24, 2.45) is 0 Å². The number of nitro groups is 1. The van der Waals surface area contributed by atoms with Gasteiger partial charge in [0.05, 0.1) is 29.7 Å². The molecule has 0 bridgehead atoms. The zero-order valence-electron chi connectivity index (χ0n) is 18.9. The molecule has 0 radical (unpaired) electrons. The highest BCUT2D eigenvalue weighted by atomic mass is 16.6. The fraction of sp³-hybridized carbons (Fsp3) is 0.308. The first-order valence-corrected chi connectivity index (χ1v) is 10.9. The summed E-state index contributed by atoms with van der Waals surface area (Å²) < 4.78 is 11.2. The zero-order chi connectivity index (χ0) is 23.6. The SMILES string of the molecule is COc1ccc(-c2cc3c(cc2[N+](=O)[O-])OC(C)(C)C(O)C3NCCc2ccccc2)cc1. The van der Waals surface area contributed by atoms with Crippen molar-refractivity contribution in [1.82, 2.24) is 5.32 Å². The second-order valence-corrected chi connectivity index (χ2v) is 8.71. The normalized spacial score (nSPS) is 18.8. The highest BCUT2D eigenvalue weighted by molar-refractivity contribution is 5.77. The van der Waals surface area contributed by atoms with E-state index in [-0.39, 0.29) is 5.69 Å². The summed E-state index contributed by atoms with van der Waals surface area (Å²) in [6.07, 6.45) is -0.0510. The third-order valence-corrected chi connectivity index (χ3v) is 6.08. The molecule has 172 valence electrons. The molecule has 3 aromatic rings. The minimum absolute atomic E-state index is 0.0471. The summed E-state index contributed by atoms with van der Waals surface area (Å²) in [5, 5.41) is 26.5. The molecule has 7 nitrogen and oxygen atoms in total. The lowest BCUT2D eigenvalue weighted by atomic mass is 9.84. The van der Waals surface area contributed by atoms with Crippen molar-refractivity contribution in [1.29, 1.82) is 0 Å². The van der Waals surface area contributed by atoms with Crippen molar-refractivity contribution >= 4 is 5.69 Å². The molecule has 1 aliphatic rings. The molecular formula is C26H28N2O5. The fourth-order valence-electron chi connectivity index (χ4n) is 4.22.